The minimum absolute atomic E-state index is 0.270. The van der Waals surface area contributed by atoms with Crippen LogP contribution in [0.2, 0.25) is 5.02 Å². The first-order valence-electron chi connectivity index (χ1n) is 9.05. The molecule has 1 saturated heterocycles. The van der Waals surface area contributed by atoms with E-state index in [0.717, 1.165) is 31.0 Å². The first-order valence-corrected chi connectivity index (χ1v) is 9.43. The van der Waals surface area contributed by atoms with E-state index in [9.17, 15) is 4.79 Å². The Morgan fingerprint density at radius 1 is 1.11 bits per heavy atom. The van der Waals surface area contributed by atoms with Crippen molar-refractivity contribution in [3.8, 4) is 0 Å². The molecular formula is C20H21ClN4O2. The maximum Gasteiger partial charge on any atom is 0.291 e. The molecule has 27 heavy (non-hydrogen) atoms. The second-order valence-corrected chi connectivity index (χ2v) is 7.19. The van der Waals surface area contributed by atoms with Crippen LogP contribution in [0.4, 0.5) is 5.69 Å². The Hall–Kier alpha value is -2.57. The van der Waals surface area contributed by atoms with Crippen molar-refractivity contribution in [3.05, 3.63) is 70.9 Å². The van der Waals surface area contributed by atoms with Crippen molar-refractivity contribution < 1.29 is 9.21 Å². The molecule has 0 saturated carbocycles. The van der Waals surface area contributed by atoms with Crippen LogP contribution in [0.5, 0.6) is 0 Å². The predicted molar refractivity (Wildman–Crippen MR) is 104 cm³/mol. The molecule has 0 aliphatic carbocycles. The maximum absolute atomic E-state index is 12.4. The molecule has 1 aliphatic heterocycles. The van der Waals surface area contributed by atoms with E-state index in [2.05, 4.69) is 15.3 Å². The van der Waals surface area contributed by atoms with Gasteiger partial charge in [-0.1, -0.05) is 23.7 Å². The molecule has 3 aromatic rings. The summed E-state index contributed by atoms with van der Waals surface area (Å²) in [6.07, 6.45) is 5.88. The number of furan rings is 1. The highest BCUT2D eigenvalue weighted by atomic mass is 35.5. The second kappa shape index (κ2) is 7.98. The fourth-order valence-electron chi connectivity index (χ4n) is 3.23. The van der Waals surface area contributed by atoms with Crippen molar-refractivity contribution in [2.45, 2.75) is 25.9 Å². The number of likely N-dealkylation sites (tertiary alicyclic amines) is 1. The van der Waals surface area contributed by atoms with Crippen LogP contribution in [-0.2, 0) is 13.1 Å². The zero-order valence-electron chi connectivity index (χ0n) is 14.9. The first kappa shape index (κ1) is 17.8. The van der Waals surface area contributed by atoms with Gasteiger partial charge < -0.3 is 9.73 Å². The Bertz CT molecular complexity index is 910. The van der Waals surface area contributed by atoms with Gasteiger partial charge in [-0.15, -0.1) is 0 Å². The minimum atomic E-state index is -0.270. The van der Waals surface area contributed by atoms with Gasteiger partial charge in [0.05, 0.1) is 25.0 Å². The van der Waals surface area contributed by atoms with Crippen LogP contribution in [0.1, 0.15) is 34.7 Å². The van der Waals surface area contributed by atoms with Gasteiger partial charge in [-0.2, -0.15) is 5.10 Å². The molecule has 1 fully saturated rings. The number of rotatable bonds is 6. The monoisotopic (exact) mass is 384 g/mol. The van der Waals surface area contributed by atoms with E-state index in [1.807, 2.05) is 30.3 Å². The molecule has 4 rings (SSSR count). The highest BCUT2D eigenvalue weighted by molar-refractivity contribution is 6.30. The summed E-state index contributed by atoms with van der Waals surface area (Å²) in [5.74, 6) is 0.865. The van der Waals surface area contributed by atoms with Crippen LogP contribution in [0.15, 0.2) is 53.2 Å². The lowest BCUT2D eigenvalue weighted by Crippen LogP contribution is -2.17. The molecule has 1 aromatic carbocycles. The van der Waals surface area contributed by atoms with Gasteiger partial charge in [-0.05, 0) is 55.8 Å². The van der Waals surface area contributed by atoms with Crippen molar-refractivity contribution in [1.29, 1.82) is 0 Å². The third kappa shape index (κ3) is 4.59. The van der Waals surface area contributed by atoms with E-state index in [1.54, 1.807) is 23.1 Å². The second-order valence-electron chi connectivity index (χ2n) is 6.76. The van der Waals surface area contributed by atoms with Crippen LogP contribution in [0.25, 0.3) is 0 Å². The molecule has 3 heterocycles. The molecule has 2 aromatic heterocycles. The molecule has 140 valence electrons. The average Bonchev–Trinajstić information content (AvgIpc) is 3.40. The quantitative estimate of drug-likeness (QED) is 0.697. The third-order valence-corrected chi connectivity index (χ3v) is 4.86. The fourth-order valence-corrected chi connectivity index (χ4v) is 3.36. The molecule has 1 aliphatic rings. The SMILES string of the molecule is O=C(Nc1cnn(Cc2ccc(Cl)cc2)c1)c1ccc(CN2CCCC2)o1. The lowest BCUT2D eigenvalue weighted by Gasteiger charge is -2.11. The van der Waals surface area contributed by atoms with Crippen LogP contribution in [0.3, 0.4) is 0 Å². The molecular weight excluding hydrogens is 364 g/mol. The van der Waals surface area contributed by atoms with Crippen molar-refractivity contribution in [2.24, 2.45) is 0 Å². The molecule has 1 amide bonds. The maximum atomic E-state index is 12.4. The fraction of sp³-hybridized carbons (Fsp3) is 0.300. The normalized spacial score (nSPS) is 14.6. The first-order chi connectivity index (χ1) is 13.2. The van der Waals surface area contributed by atoms with E-state index in [0.29, 0.717) is 23.0 Å². The van der Waals surface area contributed by atoms with Gasteiger partial charge in [0, 0.05) is 11.2 Å². The lowest BCUT2D eigenvalue weighted by molar-refractivity contribution is 0.0993. The number of amides is 1. The smallest absolute Gasteiger partial charge is 0.291 e. The Balaban J connectivity index is 1.35. The Kier molecular flexibility index (Phi) is 5.27. The van der Waals surface area contributed by atoms with Gasteiger partial charge in [0.2, 0.25) is 0 Å². The number of carbonyl (C=O) groups is 1. The highest BCUT2D eigenvalue weighted by Crippen LogP contribution is 2.17. The molecule has 6 nitrogen and oxygen atoms in total. The van der Waals surface area contributed by atoms with Crippen LogP contribution in [-0.4, -0.2) is 33.7 Å². The number of nitrogens with one attached hydrogen (secondary N) is 1. The summed E-state index contributed by atoms with van der Waals surface area (Å²) >= 11 is 5.90. The number of benzene rings is 1. The number of aromatic nitrogens is 2. The zero-order chi connectivity index (χ0) is 18.6. The van der Waals surface area contributed by atoms with Gasteiger partial charge in [0.15, 0.2) is 5.76 Å². The van der Waals surface area contributed by atoms with E-state index < -0.39 is 0 Å². The molecule has 1 N–H and O–H groups in total. The summed E-state index contributed by atoms with van der Waals surface area (Å²) in [6.45, 7) is 3.55. The molecule has 0 bridgehead atoms. The van der Waals surface area contributed by atoms with Gasteiger partial charge in [-0.25, -0.2) is 0 Å². The Morgan fingerprint density at radius 3 is 2.67 bits per heavy atom. The lowest BCUT2D eigenvalue weighted by atomic mass is 10.2. The predicted octanol–water partition coefficient (Wildman–Crippen LogP) is 4.03. The van der Waals surface area contributed by atoms with E-state index in [1.165, 1.54) is 12.8 Å². The van der Waals surface area contributed by atoms with Gasteiger partial charge in [0.1, 0.15) is 5.76 Å². The van der Waals surface area contributed by atoms with Crippen LogP contribution >= 0.6 is 11.6 Å². The Morgan fingerprint density at radius 2 is 1.89 bits per heavy atom. The minimum Gasteiger partial charge on any atom is -0.455 e. The van der Waals surface area contributed by atoms with Gasteiger partial charge >= 0.3 is 0 Å². The summed E-state index contributed by atoms with van der Waals surface area (Å²) in [5.41, 5.74) is 1.71. The van der Waals surface area contributed by atoms with E-state index in [-0.39, 0.29) is 5.91 Å². The molecule has 0 atom stereocenters. The number of hydrogen-bond donors (Lipinski definition) is 1. The largest absolute Gasteiger partial charge is 0.455 e. The summed E-state index contributed by atoms with van der Waals surface area (Å²) in [7, 11) is 0. The molecule has 0 radical (unpaired) electrons. The summed E-state index contributed by atoms with van der Waals surface area (Å²) < 4.78 is 7.46. The van der Waals surface area contributed by atoms with E-state index >= 15 is 0 Å². The number of hydrogen-bond acceptors (Lipinski definition) is 4. The summed E-state index contributed by atoms with van der Waals surface area (Å²) in [6, 6.07) is 11.2. The summed E-state index contributed by atoms with van der Waals surface area (Å²) in [5, 5.41) is 7.82. The van der Waals surface area contributed by atoms with Crippen molar-refractivity contribution in [3.63, 3.8) is 0 Å². The average molecular weight is 385 g/mol. The zero-order valence-corrected chi connectivity index (χ0v) is 15.7. The van der Waals surface area contributed by atoms with Crippen molar-refractivity contribution in [2.75, 3.05) is 18.4 Å². The Labute approximate surface area is 162 Å². The van der Waals surface area contributed by atoms with Crippen LogP contribution in [0, 0.1) is 0 Å². The van der Waals surface area contributed by atoms with E-state index in [4.69, 9.17) is 16.0 Å². The number of anilines is 1. The third-order valence-electron chi connectivity index (χ3n) is 4.61. The van der Waals surface area contributed by atoms with Gasteiger partial charge in [0.25, 0.3) is 5.91 Å². The summed E-state index contributed by atoms with van der Waals surface area (Å²) in [4.78, 5) is 14.7. The van der Waals surface area contributed by atoms with Crippen LogP contribution < -0.4 is 5.32 Å². The van der Waals surface area contributed by atoms with Crippen molar-refractivity contribution in [1.82, 2.24) is 14.7 Å². The number of carbonyl (C=O) groups excluding carboxylic acids is 1. The molecule has 0 unspecified atom stereocenters. The standard InChI is InChI=1S/C20H21ClN4O2/c21-16-5-3-15(4-6-16)12-25-13-17(11-22-25)23-20(26)19-8-7-18(27-19)14-24-9-1-2-10-24/h3-8,11,13H,1-2,9-10,12,14H2,(H,23,26). The topological polar surface area (TPSA) is 63.3 Å². The van der Waals surface area contributed by atoms with Crippen molar-refractivity contribution >= 4 is 23.2 Å². The molecule has 0 spiro atoms. The number of nitrogens with zero attached hydrogens (tertiary/aromatic N) is 3. The highest BCUT2D eigenvalue weighted by Gasteiger charge is 2.16. The number of halogens is 1. The molecule has 7 heteroatoms. The van der Waals surface area contributed by atoms with Gasteiger partial charge in [-0.3, -0.25) is 14.4 Å².